The lowest BCUT2D eigenvalue weighted by molar-refractivity contribution is -0.140. The van der Waals surface area contributed by atoms with Crippen LogP contribution < -0.4 is 0 Å². The molecule has 0 saturated heterocycles. The van der Waals surface area contributed by atoms with Gasteiger partial charge < -0.3 is 15.3 Å². The first kappa shape index (κ1) is 28.5. The highest BCUT2D eigenvalue weighted by molar-refractivity contribution is 8.13. The third-order valence-electron chi connectivity index (χ3n) is 3.08. The molecule has 0 unspecified atom stereocenters. The molecule has 13 heteroatoms. The summed E-state index contributed by atoms with van der Waals surface area (Å²) in [6, 6.07) is 12.3. The highest BCUT2D eigenvalue weighted by Gasteiger charge is 2.16. The van der Waals surface area contributed by atoms with Crippen LogP contribution in [0.2, 0.25) is 0 Å². The molecular weight excluding hydrogens is 476 g/mol. The number of halogens is 1. The monoisotopic (exact) mass is 496 g/mol. The molecule has 0 aromatic heterocycles. The Labute approximate surface area is 184 Å². The Morgan fingerprint density at radius 3 is 1.45 bits per heavy atom. The van der Waals surface area contributed by atoms with Gasteiger partial charge in [-0.15, -0.1) is 0 Å². The Bertz CT molecular complexity index is 1060. The van der Waals surface area contributed by atoms with Gasteiger partial charge >= 0.3 is 11.9 Å². The van der Waals surface area contributed by atoms with Crippen LogP contribution in [0.25, 0.3) is 0 Å². The molecule has 10 nitrogen and oxygen atoms in total. The van der Waals surface area contributed by atoms with E-state index in [-0.39, 0.29) is 9.79 Å². The minimum Gasteiger partial charge on any atom is -0.480 e. The fourth-order valence-corrected chi connectivity index (χ4v) is 3.23. The second kappa shape index (κ2) is 13.0. The zero-order valence-electron chi connectivity index (χ0n) is 16.4. The van der Waals surface area contributed by atoms with Crippen molar-refractivity contribution in [2.24, 2.45) is 0 Å². The van der Waals surface area contributed by atoms with E-state index in [0.717, 1.165) is 11.1 Å². The molecular formula is C18H21ClO10S2. The van der Waals surface area contributed by atoms with Gasteiger partial charge in [0.2, 0.25) is 0 Å². The zero-order valence-corrected chi connectivity index (χ0v) is 18.8. The van der Waals surface area contributed by atoms with E-state index in [2.05, 4.69) is 4.18 Å². The lowest BCUT2D eigenvalue weighted by atomic mass is 10.2. The third-order valence-corrected chi connectivity index (χ3v) is 5.73. The number of aryl methyl sites for hydroxylation is 2. The average Bonchev–Trinajstić information content (AvgIpc) is 2.67. The van der Waals surface area contributed by atoms with Crippen molar-refractivity contribution in [2.45, 2.75) is 23.6 Å². The van der Waals surface area contributed by atoms with Crippen molar-refractivity contribution in [1.82, 2.24) is 0 Å². The van der Waals surface area contributed by atoms with E-state index in [1.165, 1.54) is 24.3 Å². The van der Waals surface area contributed by atoms with Crippen molar-refractivity contribution in [3.8, 4) is 0 Å². The third kappa shape index (κ3) is 12.7. The number of carboxylic acids is 2. The predicted molar refractivity (Wildman–Crippen MR) is 111 cm³/mol. The molecule has 0 aliphatic carbocycles. The molecule has 3 N–H and O–H groups in total. The topological polar surface area (TPSA) is 172 Å². The molecule has 0 atom stereocenters. The maximum absolute atomic E-state index is 11.4. The van der Waals surface area contributed by atoms with Crippen molar-refractivity contribution in [2.75, 3.05) is 13.2 Å². The van der Waals surface area contributed by atoms with Crippen LogP contribution in [0.1, 0.15) is 11.1 Å². The van der Waals surface area contributed by atoms with E-state index >= 15 is 0 Å². The van der Waals surface area contributed by atoms with Crippen LogP contribution in [-0.2, 0) is 32.9 Å². The molecule has 0 aliphatic heterocycles. The number of aliphatic carboxylic acids is 2. The first-order chi connectivity index (χ1) is 14.2. The smallest absolute Gasteiger partial charge is 0.331 e. The Hall–Kier alpha value is -2.51. The summed E-state index contributed by atoms with van der Waals surface area (Å²) < 4.78 is 48.4. The number of rotatable bonds is 6. The highest BCUT2D eigenvalue weighted by atomic mass is 35.7. The second-order valence-electron chi connectivity index (χ2n) is 5.73. The maximum atomic E-state index is 11.4. The molecule has 0 heterocycles. The van der Waals surface area contributed by atoms with Gasteiger partial charge in [-0.1, -0.05) is 35.4 Å². The molecule has 31 heavy (non-hydrogen) atoms. The van der Waals surface area contributed by atoms with Crippen LogP contribution in [0.3, 0.4) is 0 Å². The molecule has 0 fully saturated rings. The molecule has 2 aromatic rings. The van der Waals surface area contributed by atoms with Crippen molar-refractivity contribution in [3.05, 3.63) is 59.7 Å². The minimum atomic E-state index is -3.95. The van der Waals surface area contributed by atoms with Crippen LogP contribution in [0.15, 0.2) is 58.3 Å². The molecule has 2 rings (SSSR count). The predicted octanol–water partition coefficient (Wildman–Crippen LogP) is 1.77. The first-order valence-corrected chi connectivity index (χ1v) is 11.9. The van der Waals surface area contributed by atoms with E-state index < -0.39 is 44.3 Å². The quantitative estimate of drug-likeness (QED) is 0.395. The van der Waals surface area contributed by atoms with Gasteiger partial charge in [-0.25, -0.2) is 18.0 Å². The Balaban J connectivity index is 0.000000492. The summed E-state index contributed by atoms with van der Waals surface area (Å²) in [7, 11) is -2.42. The van der Waals surface area contributed by atoms with Gasteiger partial charge in [0.1, 0.15) is 6.61 Å². The second-order valence-corrected chi connectivity index (χ2v) is 9.91. The van der Waals surface area contributed by atoms with Crippen LogP contribution in [-0.4, -0.2) is 57.3 Å². The molecule has 0 bridgehead atoms. The van der Waals surface area contributed by atoms with Gasteiger partial charge in [-0.3, -0.25) is 4.18 Å². The summed E-state index contributed by atoms with van der Waals surface area (Å²) in [6.45, 7) is 2.05. The van der Waals surface area contributed by atoms with E-state index in [1.54, 1.807) is 24.3 Å². The normalized spacial score (nSPS) is 10.7. The molecule has 0 radical (unpaired) electrons. The number of hydrogen-bond acceptors (Lipinski definition) is 8. The number of aliphatic hydroxyl groups is 1. The van der Waals surface area contributed by atoms with Gasteiger partial charge in [-0.2, -0.15) is 8.42 Å². The fourth-order valence-electron chi connectivity index (χ4n) is 1.60. The Morgan fingerprint density at radius 1 is 0.806 bits per heavy atom. The van der Waals surface area contributed by atoms with Gasteiger partial charge in [-0.05, 0) is 38.1 Å². The van der Waals surface area contributed by atoms with E-state index in [9.17, 15) is 21.6 Å². The zero-order chi connectivity index (χ0) is 24.2. The summed E-state index contributed by atoms with van der Waals surface area (Å²) in [5, 5.41) is 23.3. The average molecular weight is 497 g/mol. The summed E-state index contributed by atoms with van der Waals surface area (Å²) in [5.74, 6) is -2.52. The van der Waals surface area contributed by atoms with Gasteiger partial charge in [0.15, 0.2) is 6.61 Å². The van der Waals surface area contributed by atoms with Crippen LogP contribution >= 0.6 is 10.7 Å². The number of aliphatic hydroxyl groups excluding tert-OH is 1. The standard InChI is InChI=1S/C9H10O5S.C7H7ClO2S.C2H4O3/c1-7-2-4-8(5-3-7)15(12,13)14-6-9(10)11;1-6-2-4-7(5-3-6)11(8,9)10;3-1-2(4)5/h2-5H,6H2,1H3,(H,10,11);2-5H,1H3;3H,1H2,(H,4,5). The van der Waals surface area contributed by atoms with E-state index in [4.69, 9.17) is 30.8 Å². The van der Waals surface area contributed by atoms with Crippen LogP contribution in [0.4, 0.5) is 0 Å². The van der Waals surface area contributed by atoms with Crippen molar-refractivity contribution >= 4 is 41.8 Å². The summed E-state index contributed by atoms with van der Waals surface area (Å²) >= 11 is 0. The van der Waals surface area contributed by atoms with E-state index in [0.29, 0.717) is 0 Å². The summed E-state index contributed by atoms with van der Waals surface area (Å²) in [4.78, 5) is 19.4. The van der Waals surface area contributed by atoms with Crippen molar-refractivity contribution in [1.29, 1.82) is 0 Å². The molecule has 0 spiro atoms. The van der Waals surface area contributed by atoms with Gasteiger partial charge in [0.05, 0.1) is 9.79 Å². The molecule has 172 valence electrons. The fraction of sp³-hybridized carbons (Fsp3) is 0.222. The van der Waals surface area contributed by atoms with E-state index in [1.807, 2.05) is 13.8 Å². The molecule has 0 aliphatic rings. The molecule has 2 aromatic carbocycles. The lowest BCUT2D eigenvalue weighted by Crippen LogP contribution is -2.13. The number of benzene rings is 2. The number of carbonyl (C=O) groups is 2. The minimum absolute atomic E-state index is 0.0469. The molecule has 0 amide bonds. The Morgan fingerprint density at radius 2 is 1.16 bits per heavy atom. The van der Waals surface area contributed by atoms with Crippen LogP contribution in [0.5, 0.6) is 0 Å². The van der Waals surface area contributed by atoms with Crippen molar-refractivity contribution in [3.63, 3.8) is 0 Å². The SMILES string of the molecule is Cc1ccc(S(=O)(=O)Cl)cc1.Cc1ccc(S(=O)(=O)OCC(=O)O)cc1.O=C(O)CO. The van der Waals surface area contributed by atoms with Crippen molar-refractivity contribution < 1.29 is 45.9 Å². The lowest BCUT2D eigenvalue weighted by Gasteiger charge is -2.03. The Kier molecular flexibility index (Phi) is 12.0. The highest BCUT2D eigenvalue weighted by Crippen LogP contribution is 2.14. The largest absolute Gasteiger partial charge is 0.480 e. The maximum Gasteiger partial charge on any atom is 0.331 e. The first-order valence-electron chi connectivity index (χ1n) is 8.21. The summed E-state index contributed by atoms with van der Waals surface area (Å²) in [6.07, 6.45) is 0. The van der Waals surface area contributed by atoms with Gasteiger partial charge in [0, 0.05) is 10.7 Å². The van der Waals surface area contributed by atoms with Crippen LogP contribution in [0, 0.1) is 13.8 Å². The summed E-state index contributed by atoms with van der Waals surface area (Å²) in [5.41, 5.74) is 1.92. The molecule has 0 saturated carbocycles. The number of hydrogen-bond donors (Lipinski definition) is 3. The van der Waals surface area contributed by atoms with Gasteiger partial charge in [0.25, 0.3) is 19.2 Å². The number of carboxylic acid groups (broad SMARTS) is 2.